The zero-order valence-corrected chi connectivity index (χ0v) is 16.2. The molecule has 3 rings (SSSR count). The fourth-order valence-electron chi connectivity index (χ4n) is 4.51. The Balaban J connectivity index is 1.79. The van der Waals surface area contributed by atoms with Gasteiger partial charge in [-0.1, -0.05) is 19.9 Å². The van der Waals surface area contributed by atoms with E-state index in [4.69, 9.17) is 4.74 Å². The third-order valence-corrected chi connectivity index (χ3v) is 6.04. The fraction of sp³-hybridized carbons (Fsp3) is 0.619. The molecule has 1 heterocycles. The molecule has 0 N–H and O–H groups in total. The van der Waals surface area contributed by atoms with E-state index in [1.54, 1.807) is 7.11 Å². The highest BCUT2D eigenvalue weighted by Gasteiger charge is 2.53. The van der Waals surface area contributed by atoms with Gasteiger partial charge in [0.15, 0.2) is 0 Å². The van der Waals surface area contributed by atoms with Crippen molar-refractivity contribution in [3.05, 3.63) is 29.3 Å². The molecule has 0 aromatic heterocycles. The lowest BCUT2D eigenvalue weighted by Crippen LogP contribution is -2.41. The number of imide groups is 1. The molecule has 0 radical (unpaired) electrons. The zero-order valence-electron chi connectivity index (χ0n) is 16.2. The second-order valence-corrected chi connectivity index (χ2v) is 7.37. The van der Waals surface area contributed by atoms with Crippen LogP contribution in [0.2, 0.25) is 0 Å². The van der Waals surface area contributed by atoms with E-state index in [9.17, 15) is 9.59 Å². The highest BCUT2D eigenvalue weighted by atomic mass is 16.5. The first-order chi connectivity index (χ1) is 12.6. The molecule has 1 aliphatic carbocycles. The van der Waals surface area contributed by atoms with Crippen molar-refractivity contribution in [1.82, 2.24) is 9.80 Å². The summed E-state index contributed by atoms with van der Waals surface area (Å²) in [7, 11) is 1.65. The number of ether oxygens (including phenoxy) is 1. The summed E-state index contributed by atoms with van der Waals surface area (Å²) in [5.74, 6) is 0.806. The number of hydrogen-bond acceptors (Lipinski definition) is 4. The van der Waals surface area contributed by atoms with Crippen LogP contribution in [-0.2, 0) is 21.4 Å². The molecule has 1 fully saturated rings. The van der Waals surface area contributed by atoms with Crippen LogP contribution < -0.4 is 4.74 Å². The van der Waals surface area contributed by atoms with E-state index in [2.05, 4.69) is 18.7 Å². The van der Waals surface area contributed by atoms with Gasteiger partial charge >= 0.3 is 0 Å². The molecule has 5 nitrogen and oxygen atoms in total. The maximum Gasteiger partial charge on any atom is 0.240 e. The monoisotopic (exact) mass is 358 g/mol. The molecule has 1 unspecified atom stereocenters. The SMILES string of the molecule is CCN(CC)CCCN1C(=O)CC2(CCCc3cc(OC)ccc32)C1=O. The van der Waals surface area contributed by atoms with Crippen LogP contribution in [-0.4, -0.2) is 54.9 Å². The smallest absolute Gasteiger partial charge is 0.240 e. The van der Waals surface area contributed by atoms with E-state index in [0.717, 1.165) is 62.2 Å². The van der Waals surface area contributed by atoms with Gasteiger partial charge in [-0.05, 0) is 68.6 Å². The highest BCUT2D eigenvalue weighted by molar-refractivity contribution is 6.09. The number of aryl methyl sites for hydroxylation is 1. The van der Waals surface area contributed by atoms with Crippen LogP contribution in [0.1, 0.15) is 50.7 Å². The summed E-state index contributed by atoms with van der Waals surface area (Å²) in [6.45, 7) is 7.72. The number of hydrogen-bond donors (Lipinski definition) is 0. The number of nitrogens with zero attached hydrogens (tertiary/aromatic N) is 2. The summed E-state index contributed by atoms with van der Waals surface area (Å²) >= 11 is 0. The van der Waals surface area contributed by atoms with E-state index in [1.165, 1.54) is 4.90 Å². The molecule has 1 atom stereocenters. The molecule has 2 aliphatic rings. The number of benzene rings is 1. The first-order valence-corrected chi connectivity index (χ1v) is 9.80. The predicted molar refractivity (Wildman–Crippen MR) is 101 cm³/mol. The van der Waals surface area contributed by atoms with Crippen molar-refractivity contribution in [2.75, 3.05) is 33.3 Å². The third-order valence-electron chi connectivity index (χ3n) is 6.04. The number of methoxy groups -OCH3 is 1. The second-order valence-electron chi connectivity index (χ2n) is 7.37. The molecule has 1 spiro atoms. The maximum atomic E-state index is 13.3. The first-order valence-electron chi connectivity index (χ1n) is 9.80. The third kappa shape index (κ3) is 3.25. The summed E-state index contributed by atoms with van der Waals surface area (Å²) in [6.07, 6.45) is 3.80. The van der Waals surface area contributed by atoms with E-state index in [1.807, 2.05) is 18.2 Å². The normalized spacial score (nSPS) is 22.4. The van der Waals surface area contributed by atoms with Crippen molar-refractivity contribution >= 4 is 11.8 Å². The van der Waals surface area contributed by atoms with Gasteiger partial charge in [0.2, 0.25) is 11.8 Å². The molecule has 1 saturated heterocycles. The Morgan fingerprint density at radius 1 is 1.23 bits per heavy atom. The number of carbonyl (C=O) groups excluding carboxylic acids is 2. The van der Waals surface area contributed by atoms with Crippen LogP contribution in [0.4, 0.5) is 0 Å². The Labute approximate surface area is 156 Å². The number of amides is 2. The van der Waals surface area contributed by atoms with Crippen molar-refractivity contribution in [1.29, 1.82) is 0 Å². The second kappa shape index (κ2) is 7.78. The zero-order chi connectivity index (χ0) is 18.7. The minimum atomic E-state index is -0.647. The molecular weight excluding hydrogens is 328 g/mol. The summed E-state index contributed by atoms with van der Waals surface area (Å²) in [5, 5.41) is 0. The quantitative estimate of drug-likeness (QED) is 0.703. The standard InChI is InChI=1S/C21H30N2O3/c1-4-22(5-2)12-7-13-23-19(24)15-21(20(23)25)11-6-8-16-14-17(26-3)9-10-18(16)21/h9-10,14H,4-8,11-13,15H2,1-3H3. The predicted octanol–water partition coefficient (Wildman–Crippen LogP) is 2.76. The van der Waals surface area contributed by atoms with Gasteiger partial charge in [-0.25, -0.2) is 0 Å². The number of likely N-dealkylation sites (tertiary alicyclic amines) is 1. The summed E-state index contributed by atoms with van der Waals surface area (Å²) in [5.41, 5.74) is 1.54. The van der Waals surface area contributed by atoms with Gasteiger partial charge in [0.1, 0.15) is 5.75 Å². The molecule has 26 heavy (non-hydrogen) atoms. The largest absolute Gasteiger partial charge is 0.497 e. The Hall–Kier alpha value is -1.88. The number of rotatable bonds is 7. The minimum Gasteiger partial charge on any atom is -0.497 e. The summed E-state index contributed by atoms with van der Waals surface area (Å²) < 4.78 is 5.33. The van der Waals surface area contributed by atoms with Gasteiger partial charge in [-0.15, -0.1) is 0 Å². The molecule has 0 bridgehead atoms. The number of fused-ring (bicyclic) bond motifs is 2. The van der Waals surface area contributed by atoms with Crippen LogP contribution in [0, 0.1) is 0 Å². The molecule has 142 valence electrons. The van der Waals surface area contributed by atoms with Crippen LogP contribution in [0.25, 0.3) is 0 Å². The van der Waals surface area contributed by atoms with Crippen molar-refractivity contribution in [2.45, 2.75) is 51.4 Å². The fourth-order valence-corrected chi connectivity index (χ4v) is 4.51. The van der Waals surface area contributed by atoms with Crippen LogP contribution in [0.5, 0.6) is 5.75 Å². The van der Waals surface area contributed by atoms with Gasteiger partial charge < -0.3 is 9.64 Å². The lowest BCUT2D eigenvalue weighted by Gasteiger charge is -2.33. The van der Waals surface area contributed by atoms with Gasteiger partial charge in [0.25, 0.3) is 0 Å². The van der Waals surface area contributed by atoms with Crippen molar-refractivity contribution < 1.29 is 14.3 Å². The summed E-state index contributed by atoms with van der Waals surface area (Å²) in [6, 6.07) is 5.93. The van der Waals surface area contributed by atoms with Crippen molar-refractivity contribution in [3.63, 3.8) is 0 Å². The molecule has 1 aromatic rings. The van der Waals surface area contributed by atoms with Crippen LogP contribution in [0.15, 0.2) is 18.2 Å². The van der Waals surface area contributed by atoms with Gasteiger partial charge in [-0.2, -0.15) is 0 Å². The minimum absolute atomic E-state index is 0.00756. The average molecular weight is 358 g/mol. The maximum absolute atomic E-state index is 13.3. The van der Waals surface area contributed by atoms with Gasteiger partial charge in [0, 0.05) is 13.0 Å². The molecule has 2 amide bonds. The molecular formula is C21H30N2O3. The molecule has 1 aliphatic heterocycles. The Kier molecular flexibility index (Phi) is 5.66. The van der Waals surface area contributed by atoms with Crippen molar-refractivity contribution in [2.24, 2.45) is 0 Å². The lowest BCUT2D eigenvalue weighted by molar-refractivity contribution is -0.140. The topological polar surface area (TPSA) is 49.9 Å². The Bertz CT molecular complexity index is 684. The highest BCUT2D eigenvalue weighted by Crippen LogP contribution is 2.46. The van der Waals surface area contributed by atoms with E-state index in [0.29, 0.717) is 13.0 Å². The average Bonchev–Trinajstić information content (AvgIpc) is 2.89. The van der Waals surface area contributed by atoms with E-state index < -0.39 is 5.41 Å². The van der Waals surface area contributed by atoms with E-state index in [-0.39, 0.29) is 11.8 Å². The Morgan fingerprint density at radius 2 is 2.00 bits per heavy atom. The van der Waals surface area contributed by atoms with Gasteiger partial charge in [0.05, 0.1) is 12.5 Å². The lowest BCUT2D eigenvalue weighted by atomic mass is 9.69. The molecule has 5 heteroatoms. The number of carbonyl (C=O) groups is 2. The van der Waals surface area contributed by atoms with Crippen LogP contribution in [0.3, 0.4) is 0 Å². The van der Waals surface area contributed by atoms with Crippen molar-refractivity contribution in [3.8, 4) is 5.75 Å². The van der Waals surface area contributed by atoms with Crippen LogP contribution >= 0.6 is 0 Å². The summed E-state index contributed by atoms with van der Waals surface area (Å²) in [4.78, 5) is 29.8. The molecule has 1 aromatic carbocycles. The van der Waals surface area contributed by atoms with Gasteiger partial charge in [-0.3, -0.25) is 14.5 Å². The molecule has 0 saturated carbocycles. The Morgan fingerprint density at radius 3 is 2.69 bits per heavy atom. The first kappa shape index (κ1) is 18.9. The van der Waals surface area contributed by atoms with E-state index >= 15 is 0 Å².